The van der Waals surface area contributed by atoms with Crippen LogP contribution in [0.25, 0.3) is 0 Å². The standard InChI is InChI=1S/CH5BN2O3.Ni/c3-4-1(5)2(6)7;/h6-7H,3H2,(H,4,5);. The van der Waals surface area contributed by atoms with Crippen LogP contribution in [0.15, 0.2) is 0 Å². The van der Waals surface area contributed by atoms with Gasteiger partial charge in [-0.15, -0.1) is 0 Å². The van der Waals surface area contributed by atoms with Crippen molar-refractivity contribution in [2.75, 3.05) is 0 Å². The van der Waals surface area contributed by atoms with Crippen molar-refractivity contribution in [3.8, 4) is 0 Å². The number of carbonyl (C=O) groups is 1. The number of carbonyl (C=O) groups excluding carboxylic acids is 1. The summed E-state index contributed by atoms with van der Waals surface area (Å²) in [6.45, 7) is 0. The van der Waals surface area contributed by atoms with Crippen LogP contribution in [0.2, 0.25) is 0 Å². The van der Waals surface area contributed by atoms with Crippen LogP contribution in [-0.4, -0.2) is 23.0 Å². The summed E-state index contributed by atoms with van der Waals surface area (Å²) < 4.78 is 0. The largest absolute Gasteiger partial charge is 0.553 e. The summed E-state index contributed by atoms with van der Waals surface area (Å²) in [6, 6.07) is 0. The van der Waals surface area contributed by atoms with E-state index >= 15 is 0 Å². The van der Waals surface area contributed by atoms with Gasteiger partial charge in [-0.1, -0.05) is 0 Å². The van der Waals surface area contributed by atoms with Crippen molar-refractivity contribution in [1.82, 2.24) is 5.43 Å². The second-order valence-electron chi connectivity index (χ2n) is 0.882. The molecular formula is CH5BN2NiO3. The topological polar surface area (TPSA) is 95.6 Å². The van der Waals surface area contributed by atoms with Gasteiger partial charge < -0.3 is 10.0 Å². The summed E-state index contributed by atoms with van der Waals surface area (Å²) in [4.78, 5) is 9.78. The molecule has 0 aliphatic heterocycles. The number of nitrogens with two attached hydrogens (primary N) is 1. The molecule has 0 aromatic heterocycles. The monoisotopic (exact) mass is 162 g/mol. The van der Waals surface area contributed by atoms with E-state index in [2.05, 4.69) is 5.84 Å². The van der Waals surface area contributed by atoms with Crippen LogP contribution in [-0.2, 0) is 16.5 Å². The Morgan fingerprint density at radius 3 is 2.00 bits per heavy atom. The van der Waals surface area contributed by atoms with E-state index in [0.29, 0.717) is 0 Å². The van der Waals surface area contributed by atoms with E-state index in [0.717, 1.165) is 0 Å². The number of hydrazine groups is 1. The Kier molecular flexibility index (Phi) is 6.83. The van der Waals surface area contributed by atoms with Crippen LogP contribution >= 0.6 is 0 Å². The van der Waals surface area contributed by atoms with Crippen molar-refractivity contribution >= 4 is 12.9 Å². The quantitative estimate of drug-likeness (QED) is 0.150. The Morgan fingerprint density at radius 2 is 2.00 bits per heavy atom. The van der Waals surface area contributed by atoms with E-state index in [9.17, 15) is 4.79 Å². The van der Waals surface area contributed by atoms with Crippen LogP contribution in [0.4, 0.5) is 4.79 Å². The maximum absolute atomic E-state index is 9.78. The minimum atomic E-state index is -2.01. The van der Waals surface area contributed by atoms with Crippen molar-refractivity contribution in [1.29, 1.82) is 0 Å². The zero-order chi connectivity index (χ0) is 5.86. The Bertz CT molecular complexity index is 77.7. The molecule has 0 saturated heterocycles. The van der Waals surface area contributed by atoms with Gasteiger partial charge in [-0.25, -0.2) is 5.84 Å². The molecule has 1 amide bonds. The second-order valence-corrected chi connectivity index (χ2v) is 0.882. The average molecular weight is 163 g/mol. The van der Waals surface area contributed by atoms with Gasteiger partial charge in [0, 0.05) is 16.5 Å². The first kappa shape index (κ1) is 10.8. The summed E-state index contributed by atoms with van der Waals surface area (Å²) >= 11 is 0. The number of amides is 1. The van der Waals surface area contributed by atoms with Gasteiger partial charge >= 0.3 is 7.12 Å². The molecule has 0 atom stereocenters. The van der Waals surface area contributed by atoms with Gasteiger partial charge in [0.25, 0.3) is 5.81 Å². The van der Waals surface area contributed by atoms with Crippen LogP contribution in [0, 0.1) is 0 Å². The zero-order valence-electron chi connectivity index (χ0n) is 3.77. The van der Waals surface area contributed by atoms with Crippen molar-refractivity contribution in [2.45, 2.75) is 0 Å². The van der Waals surface area contributed by atoms with Gasteiger partial charge in [0.1, 0.15) is 0 Å². The normalized spacial score (nSPS) is 6.88. The maximum Gasteiger partial charge on any atom is 0.553 e. The smallest absolute Gasteiger partial charge is 0.420 e. The number of rotatable bonds is 1. The first-order valence-electron chi connectivity index (χ1n) is 1.55. The third kappa shape index (κ3) is 4.08. The molecule has 0 aliphatic rings. The summed E-state index contributed by atoms with van der Waals surface area (Å²) in [5.74, 6) is 3.44. The Balaban J connectivity index is 0. The molecule has 8 heavy (non-hydrogen) atoms. The average Bonchev–Trinajstić information content (AvgIpc) is 1.65. The van der Waals surface area contributed by atoms with E-state index in [1.54, 1.807) is 0 Å². The minimum Gasteiger partial charge on any atom is -0.420 e. The molecule has 5 N–H and O–H groups in total. The van der Waals surface area contributed by atoms with Gasteiger partial charge in [0.15, 0.2) is 0 Å². The summed E-state index contributed by atoms with van der Waals surface area (Å²) in [5, 5.41) is 15.8. The number of hydrogen-bond donors (Lipinski definition) is 4. The Hall–Kier alpha value is -0.0916. The van der Waals surface area contributed by atoms with Crippen molar-refractivity contribution < 1.29 is 31.3 Å². The van der Waals surface area contributed by atoms with Gasteiger partial charge in [-0.2, -0.15) is 0 Å². The summed E-state index contributed by atoms with van der Waals surface area (Å²) in [6.07, 6.45) is 0. The third-order valence-corrected chi connectivity index (χ3v) is 0.377. The fraction of sp³-hybridized carbons (Fsp3) is 0. The predicted molar refractivity (Wildman–Crippen MR) is 22.9 cm³/mol. The van der Waals surface area contributed by atoms with Crippen molar-refractivity contribution in [2.24, 2.45) is 5.84 Å². The Morgan fingerprint density at radius 1 is 1.62 bits per heavy atom. The SMILES string of the molecule is NNC(=O)B(O)O.[Ni]. The molecule has 7 heteroatoms. The number of nitrogens with one attached hydrogen (secondary N) is 1. The molecule has 0 saturated carbocycles. The minimum absolute atomic E-state index is 0. The molecular weight excluding hydrogens is 158 g/mol. The van der Waals surface area contributed by atoms with E-state index in [-0.39, 0.29) is 16.5 Å². The van der Waals surface area contributed by atoms with E-state index in [1.165, 1.54) is 5.43 Å². The first-order valence-corrected chi connectivity index (χ1v) is 1.55. The molecule has 50 valence electrons. The third-order valence-electron chi connectivity index (χ3n) is 0.377. The molecule has 0 aromatic rings. The second kappa shape index (κ2) is 5.05. The predicted octanol–water partition coefficient (Wildman–Crippen LogP) is -2.38. The molecule has 0 unspecified atom stereocenters. The molecule has 0 rings (SSSR count). The van der Waals surface area contributed by atoms with Gasteiger partial charge in [-0.05, 0) is 0 Å². The first-order chi connectivity index (χ1) is 3.18. The van der Waals surface area contributed by atoms with Crippen LogP contribution in [0.3, 0.4) is 0 Å². The van der Waals surface area contributed by atoms with Crippen LogP contribution in [0.5, 0.6) is 0 Å². The van der Waals surface area contributed by atoms with Crippen LogP contribution in [0.1, 0.15) is 0 Å². The fourth-order valence-electron chi connectivity index (χ4n) is 0.0745. The van der Waals surface area contributed by atoms with Gasteiger partial charge in [0.05, 0.1) is 0 Å². The molecule has 0 bridgehead atoms. The van der Waals surface area contributed by atoms with Gasteiger partial charge in [-0.3, -0.25) is 10.2 Å². The van der Waals surface area contributed by atoms with Crippen molar-refractivity contribution in [3.63, 3.8) is 0 Å². The molecule has 0 aromatic carbocycles. The molecule has 0 radical (unpaired) electrons. The summed E-state index contributed by atoms with van der Waals surface area (Å²) in [7, 11) is -2.01. The molecule has 0 heterocycles. The molecule has 5 nitrogen and oxygen atoms in total. The van der Waals surface area contributed by atoms with E-state index in [1.807, 2.05) is 0 Å². The molecule has 0 fully saturated rings. The van der Waals surface area contributed by atoms with E-state index < -0.39 is 12.9 Å². The Labute approximate surface area is 56.3 Å². The van der Waals surface area contributed by atoms with E-state index in [4.69, 9.17) is 10.0 Å². The van der Waals surface area contributed by atoms with Crippen LogP contribution < -0.4 is 11.3 Å². The van der Waals surface area contributed by atoms with Gasteiger partial charge in [0.2, 0.25) is 0 Å². The molecule has 0 aliphatic carbocycles. The zero-order valence-corrected chi connectivity index (χ0v) is 4.76. The fourth-order valence-corrected chi connectivity index (χ4v) is 0.0745. The molecule has 0 spiro atoms. The maximum atomic E-state index is 9.78. The summed E-state index contributed by atoms with van der Waals surface area (Å²) in [5.41, 5.74) is 1.53. The number of hydrogen-bond acceptors (Lipinski definition) is 4. The van der Waals surface area contributed by atoms with Crippen molar-refractivity contribution in [3.05, 3.63) is 0 Å².